The van der Waals surface area contributed by atoms with E-state index in [9.17, 15) is 8.78 Å². The van der Waals surface area contributed by atoms with E-state index >= 15 is 0 Å². The van der Waals surface area contributed by atoms with Gasteiger partial charge in [-0.1, -0.05) is 15.9 Å². The summed E-state index contributed by atoms with van der Waals surface area (Å²) in [6, 6.07) is 7.89. The molecule has 0 N–H and O–H groups in total. The molecule has 1 saturated carbocycles. The molecule has 2 aliphatic heterocycles. The zero-order valence-corrected chi connectivity index (χ0v) is 21.2. The second-order valence-electron chi connectivity index (χ2n) is 10.1. The second kappa shape index (κ2) is 8.46. The van der Waals surface area contributed by atoms with Crippen molar-refractivity contribution >= 4 is 27.6 Å². The maximum absolute atomic E-state index is 13.6. The van der Waals surface area contributed by atoms with Gasteiger partial charge in [0.05, 0.1) is 5.69 Å². The highest BCUT2D eigenvalue weighted by Gasteiger charge is 2.44. The van der Waals surface area contributed by atoms with Crippen LogP contribution in [-0.4, -0.2) is 62.3 Å². The fourth-order valence-electron chi connectivity index (χ4n) is 5.08. The molecule has 0 bridgehead atoms. The van der Waals surface area contributed by atoms with E-state index in [1.807, 2.05) is 19.1 Å². The first-order valence-corrected chi connectivity index (χ1v) is 12.9. The van der Waals surface area contributed by atoms with E-state index in [-0.39, 0.29) is 25.9 Å². The maximum atomic E-state index is 13.6. The summed E-state index contributed by atoms with van der Waals surface area (Å²) < 4.78 is 28.2. The molecule has 184 valence electrons. The molecular weight excluding hydrogens is 518 g/mol. The van der Waals surface area contributed by atoms with Crippen molar-refractivity contribution in [2.24, 2.45) is 5.41 Å². The number of piperidine rings is 2. The summed E-state index contributed by atoms with van der Waals surface area (Å²) in [4.78, 5) is 14.8. The SMILES string of the molecule is Cc1cc(-c2nnn(-c3ccc(Br)cc3N3CCC4(CC3)CC4)n2)nc(N2CCC(F)(F)CC2)n1. The third-order valence-electron chi connectivity index (χ3n) is 7.54. The minimum Gasteiger partial charge on any atom is -0.370 e. The molecule has 1 spiro atoms. The molecule has 3 fully saturated rings. The number of aryl methyl sites for hydroxylation is 1. The number of tetrazole rings is 1. The third kappa shape index (κ3) is 4.62. The van der Waals surface area contributed by atoms with Gasteiger partial charge in [-0.05, 0) is 67.5 Å². The first-order valence-electron chi connectivity index (χ1n) is 12.1. The lowest BCUT2D eigenvalue weighted by Gasteiger charge is -2.34. The highest BCUT2D eigenvalue weighted by molar-refractivity contribution is 9.10. The Kier molecular flexibility index (Phi) is 5.50. The van der Waals surface area contributed by atoms with Crippen LogP contribution in [0.4, 0.5) is 20.4 Å². The van der Waals surface area contributed by atoms with E-state index in [1.54, 1.807) is 15.8 Å². The highest BCUT2D eigenvalue weighted by atomic mass is 79.9. The number of aromatic nitrogens is 6. The smallest absolute Gasteiger partial charge is 0.251 e. The molecule has 3 aliphatic rings. The Bertz CT molecular complexity index is 1240. The monoisotopic (exact) mass is 544 g/mol. The minimum atomic E-state index is -2.62. The van der Waals surface area contributed by atoms with Crippen molar-refractivity contribution in [1.29, 1.82) is 0 Å². The number of hydrogen-bond acceptors (Lipinski definition) is 7. The summed E-state index contributed by atoms with van der Waals surface area (Å²) in [5, 5.41) is 13.3. The van der Waals surface area contributed by atoms with Crippen LogP contribution in [0.5, 0.6) is 0 Å². The fraction of sp³-hybridized carbons (Fsp3) is 0.542. The summed E-state index contributed by atoms with van der Waals surface area (Å²) >= 11 is 3.61. The Morgan fingerprint density at radius 1 is 0.857 bits per heavy atom. The molecule has 6 rings (SSSR count). The lowest BCUT2D eigenvalue weighted by molar-refractivity contribution is -0.0222. The van der Waals surface area contributed by atoms with Gasteiger partial charge in [-0.15, -0.1) is 15.0 Å². The van der Waals surface area contributed by atoms with Crippen molar-refractivity contribution in [3.8, 4) is 17.2 Å². The van der Waals surface area contributed by atoms with Crippen molar-refractivity contribution in [1.82, 2.24) is 30.2 Å². The quantitative estimate of drug-likeness (QED) is 0.466. The van der Waals surface area contributed by atoms with Gasteiger partial charge in [0.1, 0.15) is 11.4 Å². The predicted octanol–water partition coefficient (Wildman–Crippen LogP) is 4.81. The molecular formula is C24H27BrF2N8. The summed E-state index contributed by atoms with van der Waals surface area (Å²) in [6.45, 7) is 4.33. The van der Waals surface area contributed by atoms with Crippen molar-refractivity contribution in [2.75, 3.05) is 36.0 Å². The van der Waals surface area contributed by atoms with Crippen LogP contribution < -0.4 is 9.80 Å². The Morgan fingerprint density at radius 2 is 1.57 bits per heavy atom. The number of benzene rings is 1. The van der Waals surface area contributed by atoms with Gasteiger partial charge in [0.15, 0.2) is 0 Å². The van der Waals surface area contributed by atoms with Crippen LogP contribution in [0.3, 0.4) is 0 Å². The summed E-state index contributed by atoms with van der Waals surface area (Å²) in [6.07, 6.45) is 4.78. The van der Waals surface area contributed by atoms with E-state index in [2.05, 4.69) is 52.3 Å². The zero-order chi connectivity index (χ0) is 24.2. The van der Waals surface area contributed by atoms with Crippen molar-refractivity contribution in [2.45, 2.75) is 51.4 Å². The van der Waals surface area contributed by atoms with Gasteiger partial charge in [-0.25, -0.2) is 18.7 Å². The normalized spacial score (nSPS) is 20.9. The molecule has 2 saturated heterocycles. The Morgan fingerprint density at radius 3 is 2.29 bits per heavy atom. The summed E-state index contributed by atoms with van der Waals surface area (Å²) in [5.74, 6) is -1.81. The Balaban J connectivity index is 1.28. The van der Waals surface area contributed by atoms with Crippen LogP contribution in [0.15, 0.2) is 28.7 Å². The van der Waals surface area contributed by atoms with Crippen LogP contribution in [0.2, 0.25) is 0 Å². The van der Waals surface area contributed by atoms with Gasteiger partial charge in [-0.2, -0.15) is 0 Å². The maximum Gasteiger partial charge on any atom is 0.251 e. The molecule has 2 aromatic heterocycles. The van der Waals surface area contributed by atoms with E-state index < -0.39 is 5.92 Å². The number of halogens is 3. The molecule has 0 amide bonds. The average molecular weight is 545 g/mol. The van der Waals surface area contributed by atoms with Crippen LogP contribution in [0.25, 0.3) is 17.2 Å². The number of nitrogens with zero attached hydrogens (tertiary/aromatic N) is 8. The van der Waals surface area contributed by atoms with Gasteiger partial charge in [0.25, 0.3) is 5.92 Å². The molecule has 4 heterocycles. The van der Waals surface area contributed by atoms with E-state index in [0.717, 1.165) is 34.6 Å². The van der Waals surface area contributed by atoms with Gasteiger partial charge in [-0.3, -0.25) is 0 Å². The van der Waals surface area contributed by atoms with Crippen LogP contribution in [0, 0.1) is 12.3 Å². The third-order valence-corrected chi connectivity index (χ3v) is 8.03. The summed E-state index contributed by atoms with van der Waals surface area (Å²) in [5.41, 5.74) is 3.79. The van der Waals surface area contributed by atoms with E-state index in [4.69, 9.17) is 0 Å². The molecule has 8 nitrogen and oxygen atoms in total. The topological polar surface area (TPSA) is 75.9 Å². The molecule has 1 aromatic carbocycles. The zero-order valence-electron chi connectivity index (χ0n) is 19.6. The van der Waals surface area contributed by atoms with Crippen LogP contribution in [0.1, 0.15) is 44.2 Å². The van der Waals surface area contributed by atoms with E-state index in [0.29, 0.717) is 22.9 Å². The van der Waals surface area contributed by atoms with Crippen LogP contribution >= 0.6 is 15.9 Å². The Hall–Kier alpha value is -2.69. The molecule has 0 radical (unpaired) electrons. The number of anilines is 2. The van der Waals surface area contributed by atoms with Gasteiger partial charge in [0, 0.05) is 49.2 Å². The molecule has 0 atom stereocenters. The molecule has 0 unspecified atom stereocenters. The van der Waals surface area contributed by atoms with Gasteiger partial charge in [0.2, 0.25) is 11.8 Å². The summed E-state index contributed by atoms with van der Waals surface area (Å²) in [7, 11) is 0. The average Bonchev–Trinajstić information content (AvgIpc) is 3.39. The highest BCUT2D eigenvalue weighted by Crippen LogP contribution is 2.54. The lowest BCUT2D eigenvalue weighted by Crippen LogP contribution is -2.40. The van der Waals surface area contributed by atoms with Crippen molar-refractivity contribution < 1.29 is 8.78 Å². The standard InChI is InChI=1S/C24H27BrF2N8/c1-16-14-18(29-22(28-16)34-12-8-24(26,27)9-13-34)21-30-32-35(31-21)19-3-2-17(25)15-20(19)33-10-6-23(4-5-23)7-11-33/h2-3,14-15H,4-13H2,1H3. The van der Waals surface area contributed by atoms with Crippen molar-refractivity contribution in [3.63, 3.8) is 0 Å². The van der Waals surface area contributed by atoms with Gasteiger partial charge >= 0.3 is 0 Å². The fourth-order valence-corrected chi connectivity index (χ4v) is 5.43. The predicted molar refractivity (Wildman–Crippen MR) is 132 cm³/mol. The Labute approximate surface area is 210 Å². The van der Waals surface area contributed by atoms with E-state index in [1.165, 1.54) is 25.7 Å². The van der Waals surface area contributed by atoms with Gasteiger partial charge < -0.3 is 9.80 Å². The molecule has 35 heavy (non-hydrogen) atoms. The molecule has 1 aliphatic carbocycles. The molecule has 3 aromatic rings. The molecule has 11 heteroatoms. The lowest BCUT2D eigenvalue weighted by atomic mass is 9.93. The van der Waals surface area contributed by atoms with Crippen LogP contribution in [-0.2, 0) is 0 Å². The number of rotatable bonds is 4. The number of hydrogen-bond donors (Lipinski definition) is 0. The van der Waals surface area contributed by atoms with Crippen molar-refractivity contribution in [3.05, 3.63) is 34.4 Å². The second-order valence-corrected chi connectivity index (χ2v) is 11.0. The first-order chi connectivity index (χ1) is 16.8. The largest absolute Gasteiger partial charge is 0.370 e. The number of alkyl halides is 2. The first kappa shape index (κ1) is 22.8. The minimum absolute atomic E-state index is 0.196.